The molecule has 0 atom stereocenters. The number of nitrogens with two attached hydrogens (primary N) is 1. The average Bonchev–Trinajstić information content (AvgIpc) is 2.45. The van der Waals surface area contributed by atoms with Crippen molar-refractivity contribution in [3.63, 3.8) is 0 Å². The molecule has 1 aliphatic rings. The fourth-order valence-corrected chi connectivity index (χ4v) is 2.59. The van der Waals surface area contributed by atoms with Crippen molar-refractivity contribution in [1.82, 2.24) is 4.90 Å². The molecule has 1 aromatic carbocycles. The molecule has 0 aliphatic carbocycles. The zero-order valence-corrected chi connectivity index (χ0v) is 12.0. The molecule has 1 aromatic rings. The van der Waals surface area contributed by atoms with Gasteiger partial charge in [-0.1, -0.05) is 35.8 Å². The Morgan fingerprint density at radius 3 is 2.56 bits per heavy atom. The molecule has 0 aromatic heterocycles. The third-order valence-electron chi connectivity index (χ3n) is 3.19. The van der Waals surface area contributed by atoms with E-state index in [1.54, 1.807) is 19.9 Å². The van der Waals surface area contributed by atoms with Gasteiger partial charge in [0.25, 0.3) is 0 Å². The van der Waals surface area contributed by atoms with Gasteiger partial charge in [-0.2, -0.15) is 0 Å². The van der Waals surface area contributed by atoms with E-state index in [1.807, 2.05) is 12.1 Å². The lowest BCUT2D eigenvalue weighted by Crippen LogP contribution is -2.32. The molecule has 0 spiro atoms. The van der Waals surface area contributed by atoms with Crippen molar-refractivity contribution in [2.75, 3.05) is 5.73 Å². The van der Waals surface area contributed by atoms with Crippen LogP contribution in [0.1, 0.15) is 25.8 Å². The number of carbonyl (C=O) groups is 2. The standard InChI is InChI=1S/C13H15BrN2O2/c1-13(2)6-11(17)16(12(13)18)7-8-9(14)4-3-5-10(8)15/h3-5H,6-7,15H2,1-2H3. The molecule has 2 rings (SSSR count). The van der Waals surface area contributed by atoms with Gasteiger partial charge in [-0.15, -0.1) is 0 Å². The first-order chi connectivity index (χ1) is 8.33. The van der Waals surface area contributed by atoms with Gasteiger partial charge in [-0.25, -0.2) is 0 Å². The van der Waals surface area contributed by atoms with Gasteiger partial charge in [-0.05, 0) is 12.1 Å². The second-order valence-corrected chi connectivity index (χ2v) is 6.01. The molecule has 4 nitrogen and oxygen atoms in total. The quantitative estimate of drug-likeness (QED) is 0.673. The van der Waals surface area contributed by atoms with Crippen LogP contribution in [0.3, 0.4) is 0 Å². The van der Waals surface area contributed by atoms with E-state index in [2.05, 4.69) is 15.9 Å². The zero-order valence-electron chi connectivity index (χ0n) is 10.4. The number of imide groups is 1. The number of hydrogen-bond donors (Lipinski definition) is 1. The van der Waals surface area contributed by atoms with Gasteiger partial charge in [0, 0.05) is 22.1 Å². The van der Waals surface area contributed by atoms with Gasteiger partial charge >= 0.3 is 0 Å². The van der Waals surface area contributed by atoms with E-state index in [4.69, 9.17) is 5.73 Å². The van der Waals surface area contributed by atoms with Crippen LogP contribution >= 0.6 is 15.9 Å². The maximum Gasteiger partial charge on any atom is 0.235 e. The molecule has 0 unspecified atom stereocenters. The number of rotatable bonds is 2. The summed E-state index contributed by atoms with van der Waals surface area (Å²) in [6.45, 7) is 3.81. The molecule has 0 bridgehead atoms. The van der Waals surface area contributed by atoms with Crippen LogP contribution in [0.4, 0.5) is 5.69 Å². The number of halogens is 1. The first-order valence-corrected chi connectivity index (χ1v) is 6.50. The summed E-state index contributed by atoms with van der Waals surface area (Å²) < 4.78 is 0.813. The summed E-state index contributed by atoms with van der Waals surface area (Å²) >= 11 is 3.39. The zero-order chi connectivity index (χ0) is 13.5. The number of anilines is 1. The Labute approximate surface area is 114 Å². The predicted octanol–water partition coefficient (Wildman–Crippen LogP) is 2.32. The van der Waals surface area contributed by atoms with Crippen LogP contribution in [0.2, 0.25) is 0 Å². The van der Waals surface area contributed by atoms with Crippen LogP contribution < -0.4 is 5.73 Å². The Morgan fingerprint density at radius 2 is 2.06 bits per heavy atom. The molecule has 2 N–H and O–H groups in total. The van der Waals surface area contributed by atoms with Crippen LogP contribution in [0.15, 0.2) is 22.7 Å². The Bertz CT molecular complexity index is 505. The van der Waals surface area contributed by atoms with Crippen LogP contribution in [0.25, 0.3) is 0 Å². The van der Waals surface area contributed by atoms with Crippen molar-refractivity contribution in [3.8, 4) is 0 Å². The van der Waals surface area contributed by atoms with E-state index in [1.165, 1.54) is 4.90 Å². The third-order valence-corrected chi connectivity index (χ3v) is 3.93. The Hall–Kier alpha value is -1.36. The van der Waals surface area contributed by atoms with E-state index >= 15 is 0 Å². The number of likely N-dealkylation sites (tertiary alicyclic amines) is 1. The van der Waals surface area contributed by atoms with E-state index in [9.17, 15) is 9.59 Å². The number of benzene rings is 1. The summed E-state index contributed by atoms with van der Waals surface area (Å²) in [7, 11) is 0. The van der Waals surface area contributed by atoms with E-state index in [0.29, 0.717) is 5.69 Å². The smallest absolute Gasteiger partial charge is 0.235 e. The highest BCUT2D eigenvalue weighted by molar-refractivity contribution is 9.10. The molecule has 1 heterocycles. The number of amides is 2. The van der Waals surface area contributed by atoms with Crippen molar-refractivity contribution in [2.24, 2.45) is 5.41 Å². The SMILES string of the molecule is CC1(C)CC(=O)N(Cc2c(N)cccc2Br)C1=O. The molecule has 2 amide bonds. The summed E-state index contributed by atoms with van der Waals surface area (Å²) in [5.41, 5.74) is 6.63. The molecule has 18 heavy (non-hydrogen) atoms. The first kappa shape index (κ1) is 13.1. The monoisotopic (exact) mass is 310 g/mol. The molecule has 5 heteroatoms. The van der Waals surface area contributed by atoms with E-state index in [-0.39, 0.29) is 24.8 Å². The molecular weight excluding hydrogens is 296 g/mol. The van der Waals surface area contributed by atoms with Gasteiger partial charge in [0.2, 0.25) is 11.8 Å². The number of hydrogen-bond acceptors (Lipinski definition) is 3. The second-order valence-electron chi connectivity index (χ2n) is 5.15. The topological polar surface area (TPSA) is 63.4 Å². The van der Waals surface area contributed by atoms with Crippen molar-refractivity contribution in [1.29, 1.82) is 0 Å². The fourth-order valence-electron chi connectivity index (χ4n) is 2.09. The average molecular weight is 311 g/mol. The minimum absolute atomic E-state index is 0.136. The van der Waals surface area contributed by atoms with Crippen LogP contribution in [0, 0.1) is 5.41 Å². The summed E-state index contributed by atoms with van der Waals surface area (Å²) in [5, 5.41) is 0. The summed E-state index contributed by atoms with van der Waals surface area (Å²) in [6, 6.07) is 5.43. The van der Waals surface area contributed by atoms with Crippen molar-refractivity contribution >= 4 is 33.4 Å². The first-order valence-electron chi connectivity index (χ1n) is 5.70. The maximum atomic E-state index is 12.1. The molecule has 0 radical (unpaired) electrons. The minimum Gasteiger partial charge on any atom is -0.398 e. The van der Waals surface area contributed by atoms with Crippen molar-refractivity contribution in [3.05, 3.63) is 28.2 Å². The summed E-state index contributed by atoms with van der Waals surface area (Å²) in [5.74, 6) is -0.275. The lowest BCUT2D eigenvalue weighted by molar-refractivity contribution is -0.141. The highest BCUT2D eigenvalue weighted by Gasteiger charge is 2.44. The molecule has 1 aliphatic heterocycles. The van der Waals surface area contributed by atoms with Crippen LogP contribution in [-0.4, -0.2) is 16.7 Å². The molecule has 0 saturated carbocycles. The van der Waals surface area contributed by atoms with Crippen molar-refractivity contribution in [2.45, 2.75) is 26.8 Å². The lowest BCUT2D eigenvalue weighted by Gasteiger charge is -2.19. The Kier molecular flexibility index (Phi) is 3.19. The summed E-state index contributed by atoms with van der Waals surface area (Å²) in [4.78, 5) is 25.3. The van der Waals surface area contributed by atoms with E-state index in [0.717, 1.165) is 10.0 Å². The largest absolute Gasteiger partial charge is 0.398 e. The molecule has 96 valence electrons. The summed E-state index contributed by atoms with van der Waals surface area (Å²) in [6.07, 6.45) is 0.260. The normalized spacial score (nSPS) is 18.5. The molecule has 1 saturated heterocycles. The number of carbonyl (C=O) groups excluding carboxylic acids is 2. The fraction of sp³-hybridized carbons (Fsp3) is 0.385. The molecular formula is C13H15BrN2O2. The van der Waals surface area contributed by atoms with E-state index < -0.39 is 5.41 Å². The Morgan fingerprint density at radius 1 is 1.39 bits per heavy atom. The second kappa shape index (κ2) is 4.39. The number of nitrogens with zero attached hydrogens (tertiary/aromatic N) is 1. The third kappa shape index (κ3) is 2.14. The highest BCUT2D eigenvalue weighted by atomic mass is 79.9. The highest BCUT2D eigenvalue weighted by Crippen LogP contribution is 2.34. The van der Waals surface area contributed by atoms with Gasteiger partial charge in [-0.3, -0.25) is 14.5 Å². The van der Waals surface area contributed by atoms with Gasteiger partial charge in [0.05, 0.1) is 12.0 Å². The van der Waals surface area contributed by atoms with Gasteiger partial charge in [0.1, 0.15) is 0 Å². The van der Waals surface area contributed by atoms with Gasteiger partial charge < -0.3 is 5.73 Å². The maximum absolute atomic E-state index is 12.1. The van der Waals surface area contributed by atoms with Crippen LogP contribution in [0.5, 0.6) is 0 Å². The lowest BCUT2D eigenvalue weighted by atomic mass is 9.92. The minimum atomic E-state index is -0.604. The van der Waals surface area contributed by atoms with Crippen LogP contribution in [-0.2, 0) is 16.1 Å². The molecule has 1 fully saturated rings. The Balaban J connectivity index is 2.30. The van der Waals surface area contributed by atoms with Gasteiger partial charge in [0.15, 0.2) is 0 Å². The number of nitrogen functional groups attached to an aromatic ring is 1. The van der Waals surface area contributed by atoms with Crippen molar-refractivity contribution < 1.29 is 9.59 Å². The predicted molar refractivity (Wildman–Crippen MR) is 72.5 cm³/mol.